The molecular formula is C22H21N3O2. The zero-order valence-corrected chi connectivity index (χ0v) is 15.3. The zero-order valence-electron chi connectivity index (χ0n) is 15.3. The van der Waals surface area contributed by atoms with Crippen molar-refractivity contribution in [3.63, 3.8) is 0 Å². The molecule has 1 heterocycles. The maximum Gasteiger partial charge on any atom is 0.274 e. The number of pyridine rings is 1. The van der Waals surface area contributed by atoms with Crippen LogP contribution in [0.3, 0.4) is 0 Å². The van der Waals surface area contributed by atoms with E-state index in [1.807, 2.05) is 36.4 Å². The molecular weight excluding hydrogens is 338 g/mol. The zero-order chi connectivity index (χ0) is 19.2. The minimum absolute atomic E-state index is 0.0102. The molecule has 0 fully saturated rings. The number of benzene rings is 2. The Labute approximate surface area is 158 Å². The van der Waals surface area contributed by atoms with Gasteiger partial charge in [-0.15, -0.1) is 0 Å². The predicted octanol–water partition coefficient (Wildman–Crippen LogP) is 4.69. The summed E-state index contributed by atoms with van der Waals surface area (Å²) in [5.41, 5.74) is 3.56. The fourth-order valence-electron chi connectivity index (χ4n) is 2.79. The van der Waals surface area contributed by atoms with Gasteiger partial charge in [-0.25, -0.2) is 4.98 Å². The molecule has 0 saturated carbocycles. The van der Waals surface area contributed by atoms with Crippen LogP contribution in [0.2, 0.25) is 0 Å². The van der Waals surface area contributed by atoms with Crippen LogP contribution in [0.4, 0.5) is 17.1 Å². The van der Waals surface area contributed by atoms with Gasteiger partial charge in [0.2, 0.25) is 0 Å². The fourth-order valence-corrected chi connectivity index (χ4v) is 2.79. The largest absolute Gasteiger partial charge is 0.341 e. The number of rotatable bonds is 6. The smallest absolute Gasteiger partial charge is 0.274 e. The topological polar surface area (TPSA) is 62.3 Å². The van der Waals surface area contributed by atoms with Crippen molar-refractivity contribution in [1.82, 2.24) is 4.98 Å². The number of hydrogen-bond donors (Lipinski definition) is 1. The van der Waals surface area contributed by atoms with Crippen molar-refractivity contribution in [2.75, 3.05) is 16.8 Å². The van der Waals surface area contributed by atoms with E-state index in [1.165, 1.54) is 6.92 Å². The number of hydrogen-bond acceptors (Lipinski definition) is 4. The number of carbonyl (C=O) groups excluding carboxylic acids is 2. The Morgan fingerprint density at radius 1 is 0.926 bits per heavy atom. The normalized spacial score (nSPS) is 10.3. The lowest BCUT2D eigenvalue weighted by molar-refractivity contribution is 0.101. The van der Waals surface area contributed by atoms with E-state index in [9.17, 15) is 9.59 Å². The highest BCUT2D eigenvalue weighted by molar-refractivity contribution is 6.03. The molecule has 5 heteroatoms. The Hall–Kier alpha value is -3.47. The van der Waals surface area contributed by atoms with Crippen LogP contribution in [0, 0.1) is 0 Å². The summed E-state index contributed by atoms with van der Waals surface area (Å²) in [5.74, 6) is -0.302. The number of para-hydroxylation sites is 1. The predicted molar refractivity (Wildman–Crippen MR) is 108 cm³/mol. The average Bonchev–Trinajstić information content (AvgIpc) is 2.70. The standard InChI is InChI=1S/C22H21N3O2/c1-3-25(19-7-5-4-6-8-19)20-13-14-21(23-15-20)22(27)24-18-11-9-17(10-12-18)16(2)26/h4-15H,3H2,1-2H3,(H,24,27). The van der Waals surface area contributed by atoms with Gasteiger partial charge >= 0.3 is 0 Å². The lowest BCUT2D eigenvalue weighted by atomic mass is 10.1. The molecule has 0 saturated heterocycles. The van der Waals surface area contributed by atoms with Crippen LogP contribution in [0.5, 0.6) is 0 Å². The first-order valence-electron chi connectivity index (χ1n) is 8.79. The minimum atomic E-state index is -0.292. The third-order valence-electron chi connectivity index (χ3n) is 4.23. The van der Waals surface area contributed by atoms with E-state index in [2.05, 4.69) is 22.1 Å². The molecule has 0 aliphatic rings. The van der Waals surface area contributed by atoms with Gasteiger partial charge in [0.1, 0.15) is 5.69 Å². The Morgan fingerprint density at radius 3 is 2.19 bits per heavy atom. The summed E-state index contributed by atoms with van der Waals surface area (Å²) in [6.07, 6.45) is 1.70. The van der Waals surface area contributed by atoms with E-state index >= 15 is 0 Å². The van der Waals surface area contributed by atoms with Crippen molar-refractivity contribution in [3.05, 3.63) is 84.2 Å². The third-order valence-corrected chi connectivity index (χ3v) is 4.23. The van der Waals surface area contributed by atoms with Crippen LogP contribution in [0.25, 0.3) is 0 Å². The number of aromatic nitrogens is 1. The Balaban J connectivity index is 1.72. The van der Waals surface area contributed by atoms with Crippen molar-refractivity contribution >= 4 is 28.8 Å². The molecule has 3 aromatic rings. The SMILES string of the molecule is CCN(c1ccccc1)c1ccc(C(=O)Nc2ccc(C(C)=O)cc2)nc1. The van der Waals surface area contributed by atoms with Gasteiger partial charge in [0, 0.05) is 23.5 Å². The molecule has 136 valence electrons. The van der Waals surface area contributed by atoms with E-state index in [0.717, 1.165) is 17.9 Å². The number of amides is 1. The molecule has 0 spiro atoms. The maximum atomic E-state index is 12.4. The highest BCUT2D eigenvalue weighted by Crippen LogP contribution is 2.24. The Morgan fingerprint density at radius 2 is 1.63 bits per heavy atom. The van der Waals surface area contributed by atoms with Crippen LogP contribution in [-0.2, 0) is 0 Å². The lowest BCUT2D eigenvalue weighted by Gasteiger charge is -2.22. The van der Waals surface area contributed by atoms with Crippen molar-refractivity contribution in [1.29, 1.82) is 0 Å². The molecule has 1 amide bonds. The van der Waals surface area contributed by atoms with E-state index in [0.29, 0.717) is 16.9 Å². The molecule has 1 aromatic heterocycles. The first-order chi connectivity index (χ1) is 13.1. The molecule has 1 N–H and O–H groups in total. The molecule has 5 nitrogen and oxygen atoms in total. The van der Waals surface area contributed by atoms with Crippen molar-refractivity contribution < 1.29 is 9.59 Å². The summed E-state index contributed by atoms with van der Waals surface area (Å²) in [4.78, 5) is 30.1. The van der Waals surface area contributed by atoms with Gasteiger partial charge in [-0.1, -0.05) is 18.2 Å². The highest BCUT2D eigenvalue weighted by Gasteiger charge is 2.11. The molecule has 0 aliphatic carbocycles. The molecule has 2 aromatic carbocycles. The third kappa shape index (κ3) is 4.39. The van der Waals surface area contributed by atoms with E-state index in [-0.39, 0.29) is 11.7 Å². The quantitative estimate of drug-likeness (QED) is 0.648. The van der Waals surface area contributed by atoms with Gasteiger partial charge in [0.05, 0.1) is 11.9 Å². The van der Waals surface area contributed by atoms with E-state index < -0.39 is 0 Å². The van der Waals surface area contributed by atoms with Crippen LogP contribution in [0.15, 0.2) is 72.9 Å². The van der Waals surface area contributed by atoms with Crippen molar-refractivity contribution in [2.24, 2.45) is 0 Å². The van der Waals surface area contributed by atoms with Gasteiger partial charge in [0.25, 0.3) is 5.91 Å². The number of nitrogens with one attached hydrogen (secondary N) is 1. The van der Waals surface area contributed by atoms with E-state index in [4.69, 9.17) is 0 Å². The molecule has 0 unspecified atom stereocenters. The molecule has 0 atom stereocenters. The number of carbonyl (C=O) groups is 2. The summed E-state index contributed by atoms with van der Waals surface area (Å²) in [6.45, 7) is 4.37. The average molecular weight is 359 g/mol. The summed E-state index contributed by atoms with van der Waals surface area (Å²) in [7, 11) is 0. The summed E-state index contributed by atoms with van der Waals surface area (Å²) in [6, 6.07) is 20.4. The number of anilines is 3. The number of ketones is 1. The second kappa shape index (κ2) is 8.27. The van der Waals surface area contributed by atoms with Crippen LogP contribution in [-0.4, -0.2) is 23.2 Å². The van der Waals surface area contributed by atoms with Gasteiger partial charge in [-0.2, -0.15) is 0 Å². The second-order valence-electron chi connectivity index (χ2n) is 6.07. The number of nitrogens with zero attached hydrogens (tertiary/aromatic N) is 2. The summed E-state index contributed by atoms with van der Waals surface area (Å²) in [5, 5.41) is 2.79. The van der Waals surface area contributed by atoms with Gasteiger partial charge in [-0.3, -0.25) is 9.59 Å². The van der Waals surface area contributed by atoms with Gasteiger partial charge in [0.15, 0.2) is 5.78 Å². The van der Waals surface area contributed by atoms with Gasteiger partial charge in [-0.05, 0) is 62.4 Å². The first kappa shape index (κ1) is 18.3. The van der Waals surface area contributed by atoms with Crippen LogP contribution in [0.1, 0.15) is 34.7 Å². The molecule has 0 aliphatic heterocycles. The highest BCUT2D eigenvalue weighted by atomic mass is 16.2. The minimum Gasteiger partial charge on any atom is -0.341 e. The van der Waals surface area contributed by atoms with E-state index in [1.54, 1.807) is 36.5 Å². The maximum absolute atomic E-state index is 12.4. The van der Waals surface area contributed by atoms with Crippen LogP contribution < -0.4 is 10.2 Å². The van der Waals surface area contributed by atoms with Crippen molar-refractivity contribution in [2.45, 2.75) is 13.8 Å². The number of Topliss-reactive ketones (excluding diaryl/α,β-unsaturated/α-hetero) is 1. The summed E-state index contributed by atoms with van der Waals surface area (Å²) < 4.78 is 0. The lowest BCUT2D eigenvalue weighted by Crippen LogP contribution is -2.17. The molecule has 3 rings (SSSR count). The molecule has 0 radical (unpaired) electrons. The first-order valence-corrected chi connectivity index (χ1v) is 8.79. The Bertz CT molecular complexity index is 920. The van der Waals surface area contributed by atoms with Gasteiger partial charge < -0.3 is 10.2 Å². The monoisotopic (exact) mass is 359 g/mol. The Kier molecular flexibility index (Phi) is 5.61. The second-order valence-corrected chi connectivity index (χ2v) is 6.07. The summed E-state index contributed by atoms with van der Waals surface area (Å²) >= 11 is 0. The fraction of sp³-hybridized carbons (Fsp3) is 0.136. The molecule has 27 heavy (non-hydrogen) atoms. The van der Waals surface area contributed by atoms with Crippen LogP contribution >= 0.6 is 0 Å². The van der Waals surface area contributed by atoms with Crippen molar-refractivity contribution in [3.8, 4) is 0 Å². The molecule has 0 bridgehead atoms.